The summed E-state index contributed by atoms with van der Waals surface area (Å²) in [6.07, 6.45) is 5.74. The number of nitrogens with two attached hydrogens (primary N) is 1. The highest BCUT2D eigenvalue weighted by atomic mass is 16.2. The summed E-state index contributed by atoms with van der Waals surface area (Å²) < 4.78 is 0. The lowest BCUT2D eigenvalue weighted by atomic mass is 9.95. The van der Waals surface area contributed by atoms with Gasteiger partial charge in [-0.25, -0.2) is 4.79 Å². The fraction of sp³-hybridized carbons (Fsp3) is 0.917. The smallest absolute Gasteiger partial charge is 0.317 e. The van der Waals surface area contributed by atoms with Gasteiger partial charge in [0.15, 0.2) is 0 Å². The molecule has 2 amide bonds. The van der Waals surface area contributed by atoms with Crippen LogP contribution in [0.5, 0.6) is 0 Å². The normalized spacial score (nSPS) is 31.8. The average Bonchev–Trinajstić information content (AvgIpc) is 2.74. The predicted octanol–water partition coefficient (Wildman–Crippen LogP) is 1.31. The van der Waals surface area contributed by atoms with E-state index in [0.29, 0.717) is 12.0 Å². The van der Waals surface area contributed by atoms with Crippen molar-refractivity contribution in [3.8, 4) is 0 Å². The van der Waals surface area contributed by atoms with E-state index in [0.717, 1.165) is 32.4 Å². The molecule has 4 heteroatoms. The molecule has 4 nitrogen and oxygen atoms in total. The van der Waals surface area contributed by atoms with Crippen molar-refractivity contribution in [2.75, 3.05) is 13.1 Å². The number of urea groups is 1. The molecule has 0 radical (unpaired) electrons. The van der Waals surface area contributed by atoms with E-state index in [2.05, 4.69) is 12.2 Å². The maximum atomic E-state index is 12.0. The predicted molar refractivity (Wildman–Crippen MR) is 64.1 cm³/mol. The summed E-state index contributed by atoms with van der Waals surface area (Å²) >= 11 is 0. The summed E-state index contributed by atoms with van der Waals surface area (Å²) in [4.78, 5) is 13.9. The van der Waals surface area contributed by atoms with Crippen LogP contribution in [0, 0.1) is 5.92 Å². The zero-order valence-corrected chi connectivity index (χ0v) is 10.1. The lowest BCUT2D eigenvalue weighted by Crippen LogP contribution is -2.52. The second kappa shape index (κ2) is 5.04. The molecule has 2 atom stereocenters. The van der Waals surface area contributed by atoms with Gasteiger partial charge in [0.1, 0.15) is 0 Å². The third-order valence-electron chi connectivity index (χ3n) is 3.94. The Hall–Kier alpha value is -0.770. The van der Waals surface area contributed by atoms with Crippen LogP contribution in [0.25, 0.3) is 0 Å². The maximum absolute atomic E-state index is 12.0. The van der Waals surface area contributed by atoms with E-state index in [4.69, 9.17) is 5.73 Å². The highest BCUT2D eigenvalue weighted by Crippen LogP contribution is 2.19. The first-order valence-corrected chi connectivity index (χ1v) is 6.48. The van der Waals surface area contributed by atoms with Crippen LogP contribution in [0.1, 0.15) is 39.0 Å². The van der Waals surface area contributed by atoms with Crippen LogP contribution in [0.3, 0.4) is 0 Å². The van der Waals surface area contributed by atoms with Crippen molar-refractivity contribution in [3.63, 3.8) is 0 Å². The molecular formula is C12H23N3O. The first kappa shape index (κ1) is 11.7. The molecular weight excluding hydrogens is 202 g/mol. The van der Waals surface area contributed by atoms with Crippen molar-refractivity contribution in [2.45, 2.75) is 51.1 Å². The van der Waals surface area contributed by atoms with Crippen molar-refractivity contribution in [3.05, 3.63) is 0 Å². The molecule has 1 aliphatic carbocycles. The van der Waals surface area contributed by atoms with Crippen LogP contribution in [-0.4, -0.2) is 36.1 Å². The van der Waals surface area contributed by atoms with E-state index < -0.39 is 0 Å². The van der Waals surface area contributed by atoms with Gasteiger partial charge in [0, 0.05) is 25.2 Å². The standard InChI is InChI=1S/C12H23N3O/c1-9-8-15(7-6-11(9)13)12(16)14-10-4-2-3-5-10/h9-11H,2-8,13H2,1H3,(H,14,16). The van der Waals surface area contributed by atoms with Gasteiger partial charge >= 0.3 is 6.03 Å². The molecule has 16 heavy (non-hydrogen) atoms. The summed E-state index contributed by atoms with van der Waals surface area (Å²) in [5, 5.41) is 3.13. The number of nitrogens with zero attached hydrogens (tertiary/aromatic N) is 1. The van der Waals surface area contributed by atoms with Crippen LogP contribution < -0.4 is 11.1 Å². The number of piperidine rings is 1. The van der Waals surface area contributed by atoms with E-state index in [1.54, 1.807) is 0 Å². The highest BCUT2D eigenvalue weighted by Gasteiger charge is 2.27. The first-order valence-electron chi connectivity index (χ1n) is 6.48. The lowest BCUT2D eigenvalue weighted by molar-refractivity contribution is 0.157. The molecule has 1 saturated heterocycles. The summed E-state index contributed by atoms with van der Waals surface area (Å²) in [6, 6.07) is 0.791. The van der Waals surface area contributed by atoms with E-state index in [1.807, 2.05) is 4.90 Å². The molecule has 1 heterocycles. The third-order valence-corrected chi connectivity index (χ3v) is 3.94. The molecule has 2 aliphatic rings. The molecule has 92 valence electrons. The summed E-state index contributed by atoms with van der Waals surface area (Å²) in [7, 11) is 0. The molecule has 2 rings (SSSR count). The molecule has 2 unspecified atom stereocenters. The Balaban J connectivity index is 1.80. The van der Waals surface area contributed by atoms with Crippen molar-refractivity contribution in [1.29, 1.82) is 0 Å². The van der Waals surface area contributed by atoms with Gasteiger partial charge in [0.2, 0.25) is 0 Å². The topological polar surface area (TPSA) is 58.4 Å². The summed E-state index contributed by atoms with van der Waals surface area (Å²) in [5.74, 6) is 0.420. The zero-order chi connectivity index (χ0) is 11.5. The molecule has 0 bridgehead atoms. The van der Waals surface area contributed by atoms with Gasteiger partial charge in [-0.05, 0) is 25.2 Å². The Bertz CT molecular complexity index is 251. The monoisotopic (exact) mass is 225 g/mol. The Morgan fingerprint density at radius 3 is 2.62 bits per heavy atom. The van der Waals surface area contributed by atoms with Crippen molar-refractivity contribution in [1.82, 2.24) is 10.2 Å². The van der Waals surface area contributed by atoms with Gasteiger partial charge in [-0.3, -0.25) is 0 Å². The number of hydrogen-bond acceptors (Lipinski definition) is 2. The fourth-order valence-corrected chi connectivity index (χ4v) is 2.68. The minimum absolute atomic E-state index is 0.116. The third kappa shape index (κ3) is 2.67. The number of nitrogens with one attached hydrogen (secondary N) is 1. The molecule has 0 aromatic rings. The molecule has 0 spiro atoms. The Morgan fingerprint density at radius 1 is 1.31 bits per heavy atom. The number of rotatable bonds is 1. The van der Waals surface area contributed by atoms with Gasteiger partial charge < -0.3 is 16.0 Å². The number of carbonyl (C=O) groups excluding carboxylic acids is 1. The number of amides is 2. The Labute approximate surface area is 97.6 Å². The average molecular weight is 225 g/mol. The molecule has 3 N–H and O–H groups in total. The fourth-order valence-electron chi connectivity index (χ4n) is 2.68. The van der Waals surface area contributed by atoms with Crippen molar-refractivity contribution >= 4 is 6.03 Å². The van der Waals surface area contributed by atoms with Crippen LogP contribution in [-0.2, 0) is 0 Å². The van der Waals surface area contributed by atoms with E-state index in [-0.39, 0.29) is 12.1 Å². The summed E-state index contributed by atoms with van der Waals surface area (Å²) in [5.41, 5.74) is 5.95. The first-order chi connectivity index (χ1) is 7.66. The van der Waals surface area contributed by atoms with Crippen LogP contribution >= 0.6 is 0 Å². The molecule has 0 aromatic heterocycles. The molecule has 1 aliphatic heterocycles. The van der Waals surface area contributed by atoms with Crippen molar-refractivity contribution < 1.29 is 4.79 Å². The van der Waals surface area contributed by atoms with Gasteiger partial charge in [-0.1, -0.05) is 19.8 Å². The maximum Gasteiger partial charge on any atom is 0.317 e. The minimum Gasteiger partial charge on any atom is -0.335 e. The molecule has 0 aromatic carbocycles. The zero-order valence-electron chi connectivity index (χ0n) is 10.1. The minimum atomic E-state index is 0.116. The van der Waals surface area contributed by atoms with E-state index in [9.17, 15) is 4.79 Å². The number of likely N-dealkylation sites (tertiary alicyclic amines) is 1. The lowest BCUT2D eigenvalue weighted by Gasteiger charge is -2.35. The molecule has 1 saturated carbocycles. The largest absolute Gasteiger partial charge is 0.335 e. The van der Waals surface area contributed by atoms with Gasteiger partial charge in [-0.15, -0.1) is 0 Å². The second-order valence-electron chi connectivity index (χ2n) is 5.31. The second-order valence-corrected chi connectivity index (χ2v) is 5.31. The Kier molecular flexibility index (Phi) is 3.69. The van der Waals surface area contributed by atoms with Gasteiger partial charge in [0.25, 0.3) is 0 Å². The van der Waals surface area contributed by atoms with Gasteiger partial charge in [-0.2, -0.15) is 0 Å². The van der Waals surface area contributed by atoms with E-state index in [1.165, 1.54) is 12.8 Å². The summed E-state index contributed by atoms with van der Waals surface area (Å²) in [6.45, 7) is 3.74. The van der Waals surface area contributed by atoms with Gasteiger partial charge in [0.05, 0.1) is 0 Å². The van der Waals surface area contributed by atoms with Crippen molar-refractivity contribution in [2.24, 2.45) is 11.7 Å². The number of carbonyl (C=O) groups is 1. The van der Waals surface area contributed by atoms with Crippen LogP contribution in [0.2, 0.25) is 0 Å². The quantitative estimate of drug-likeness (QED) is 0.707. The van der Waals surface area contributed by atoms with Crippen LogP contribution in [0.15, 0.2) is 0 Å². The van der Waals surface area contributed by atoms with E-state index >= 15 is 0 Å². The number of hydrogen-bond donors (Lipinski definition) is 2. The highest BCUT2D eigenvalue weighted by molar-refractivity contribution is 5.74. The van der Waals surface area contributed by atoms with Crippen LogP contribution in [0.4, 0.5) is 4.79 Å². The molecule has 2 fully saturated rings. The Morgan fingerprint density at radius 2 is 2.00 bits per heavy atom. The SMILES string of the molecule is CC1CN(C(=O)NC2CCCC2)CCC1N.